The summed E-state index contributed by atoms with van der Waals surface area (Å²) in [6.45, 7) is 4.48. The van der Waals surface area contributed by atoms with Crippen molar-refractivity contribution in [3.8, 4) is 11.3 Å². The van der Waals surface area contributed by atoms with Crippen molar-refractivity contribution in [2.75, 3.05) is 0 Å². The molecule has 2 rings (SSSR count). The van der Waals surface area contributed by atoms with Gasteiger partial charge in [0.25, 0.3) is 0 Å². The first-order chi connectivity index (χ1) is 7.65. The van der Waals surface area contributed by atoms with E-state index >= 15 is 0 Å². The van der Waals surface area contributed by atoms with E-state index < -0.39 is 0 Å². The Morgan fingerprint density at radius 2 is 1.94 bits per heavy atom. The van der Waals surface area contributed by atoms with Gasteiger partial charge in [-0.2, -0.15) is 0 Å². The lowest BCUT2D eigenvalue weighted by Gasteiger charge is -2.05. The van der Waals surface area contributed by atoms with Gasteiger partial charge in [0.2, 0.25) is 0 Å². The van der Waals surface area contributed by atoms with E-state index in [1.54, 1.807) is 11.3 Å². The molecule has 0 bridgehead atoms. The van der Waals surface area contributed by atoms with Crippen LogP contribution in [0.3, 0.4) is 0 Å². The first kappa shape index (κ1) is 11.8. The summed E-state index contributed by atoms with van der Waals surface area (Å²) in [4.78, 5) is 4.41. The van der Waals surface area contributed by atoms with E-state index in [0.717, 1.165) is 16.0 Å². The highest BCUT2D eigenvalue weighted by atomic mass is 79.9. The molecule has 0 atom stereocenters. The molecule has 0 saturated carbocycles. The maximum absolute atomic E-state index is 4.41. The standard InChI is InChI=1S/C13H14BrNS/c1-9(2)7-10-3-5-11(6-4-10)12-8-16-13(14)15-12/h3-6,8-9H,7H2,1-2H3. The van der Waals surface area contributed by atoms with E-state index in [-0.39, 0.29) is 0 Å². The molecule has 0 aliphatic rings. The molecule has 1 aromatic carbocycles. The lowest BCUT2D eigenvalue weighted by Crippen LogP contribution is -1.93. The number of aromatic nitrogens is 1. The minimum Gasteiger partial charge on any atom is -0.229 e. The zero-order valence-corrected chi connectivity index (χ0v) is 11.8. The Labute approximate surface area is 109 Å². The number of halogens is 1. The van der Waals surface area contributed by atoms with Gasteiger partial charge in [0.05, 0.1) is 5.69 Å². The molecule has 0 unspecified atom stereocenters. The lowest BCUT2D eigenvalue weighted by molar-refractivity contribution is 0.647. The minimum atomic E-state index is 0.708. The summed E-state index contributed by atoms with van der Waals surface area (Å²) in [5.74, 6) is 0.708. The first-order valence-electron chi connectivity index (χ1n) is 5.35. The molecule has 0 amide bonds. The monoisotopic (exact) mass is 295 g/mol. The van der Waals surface area contributed by atoms with Crippen molar-refractivity contribution in [2.45, 2.75) is 20.3 Å². The summed E-state index contributed by atoms with van der Waals surface area (Å²) >= 11 is 5.00. The third kappa shape index (κ3) is 2.92. The van der Waals surface area contributed by atoms with Gasteiger partial charge in [-0.25, -0.2) is 4.98 Å². The van der Waals surface area contributed by atoms with Crippen molar-refractivity contribution in [2.24, 2.45) is 5.92 Å². The molecule has 0 aliphatic heterocycles. The van der Waals surface area contributed by atoms with Crippen molar-refractivity contribution in [3.63, 3.8) is 0 Å². The Bertz CT molecular complexity index is 459. The predicted molar refractivity (Wildman–Crippen MR) is 73.8 cm³/mol. The largest absolute Gasteiger partial charge is 0.229 e. The Kier molecular flexibility index (Phi) is 3.77. The van der Waals surface area contributed by atoms with E-state index in [4.69, 9.17) is 0 Å². The molecule has 1 aromatic heterocycles. The second-order valence-corrected chi connectivity index (χ2v) is 6.41. The van der Waals surface area contributed by atoms with Crippen LogP contribution in [0.5, 0.6) is 0 Å². The summed E-state index contributed by atoms with van der Waals surface area (Å²) < 4.78 is 0.939. The van der Waals surface area contributed by atoms with Crippen molar-refractivity contribution in [1.82, 2.24) is 4.98 Å². The molecule has 0 saturated heterocycles. The molecule has 0 N–H and O–H groups in total. The summed E-state index contributed by atoms with van der Waals surface area (Å²) in [5.41, 5.74) is 3.63. The van der Waals surface area contributed by atoms with Crippen LogP contribution in [0.25, 0.3) is 11.3 Å². The van der Waals surface area contributed by atoms with E-state index in [0.29, 0.717) is 5.92 Å². The number of hydrogen-bond acceptors (Lipinski definition) is 2. The van der Waals surface area contributed by atoms with Crippen molar-refractivity contribution in [3.05, 3.63) is 39.1 Å². The molecule has 0 radical (unpaired) electrons. The van der Waals surface area contributed by atoms with E-state index in [1.165, 1.54) is 11.1 Å². The second-order valence-electron chi connectivity index (χ2n) is 4.28. The molecule has 0 aliphatic carbocycles. The normalized spacial score (nSPS) is 11.0. The fourth-order valence-corrected chi connectivity index (χ4v) is 2.69. The van der Waals surface area contributed by atoms with E-state index in [9.17, 15) is 0 Å². The van der Waals surface area contributed by atoms with Crippen LogP contribution in [-0.4, -0.2) is 4.98 Å². The first-order valence-corrected chi connectivity index (χ1v) is 7.03. The maximum atomic E-state index is 4.41. The molecule has 0 spiro atoms. The molecular formula is C13H14BrNS. The maximum Gasteiger partial charge on any atom is 0.159 e. The van der Waals surface area contributed by atoms with Gasteiger partial charge >= 0.3 is 0 Å². The molecule has 1 heterocycles. The van der Waals surface area contributed by atoms with Crippen LogP contribution in [0.2, 0.25) is 0 Å². The van der Waals surface area contributed by atoms with E-state index in [1.807, 2.05) is 0 Å². The third-order valence-corrected chi connectivity index (χ3v) is 3.73. The van der Waals surface area contributed by atoms with Gasteiger partial charge in [-0.3, -0.25) is 0 Å². The van der Waals surface area contributed by atoms with Crippen molar-refractivity contribution < 1.29 is 0 Å². The van der Waals surface area contributed by atoms with Gasteiger partial charge in [0.1, 0.15) is 0 Å². The van der Waals surface area contributed by atoms with Crippen LogP contribution in [0, 0.1) is 5.92 Å². The number of rotatable bonds is 3. The lowest BCUT2D eigenvalue weighted by atomic mass is 10.0. The van der Waals surface area contributed by atoms with Crippen LogP contribution in [-0.2, 0) is 6.42 Å². The quantitative estimate of drug-likeness (QED) is 0.795. The summed E-state index contributed by atoms with van der Waals surface area (Å²) in [5, 5.41) is 2.07. The van der Waals surface area contributed by atoms with Crippen LogP contribution >= 0.6 is 27.3 Å². The highest BCUT2D eigenvalue weighted by molar-refractivity contribution is 9.11. The second kappa shape index (κ2) is 5.11. The van der Waals surface area contributed by atoms with Gasteiger partial charge < -0.3 is 0 Å². The summed E-state index contributed by atoms with van der Waals surface area (Å²) in [7, 11) is 0. The number of thiazole rings is 1. The molecular weight excluding hydrogens is 282 g/mol. The Balaban J connectivity index is 2.19. The molecule has 3 heteroatoms. The van der Waals surface area contributed by atoms with Crippen LogP contribution in [0.15, 0.2) is 33.6 Å². The van der Waals surface area contributed by atoms with Gasteiger partial charge in [0.15, 0.2) is 3.92 Å². The van der Waals surface area contributed by atoms with Gasteiger partial charge in [0, 0.05) is 10.9 Å². The summed E-state index contributed by atoms with van der Waals surface area (Å²) in [6, 6.07) is 8.70. The summed E-state index contributed by atoms with van der Waals surface area (Å²) in [6.07, 6.45) is 1.14. The van der Waals surface area contributed by atoms with E-state index in [2.05, 4.69) is 64.4 Å². The highest BCUT2D eigenvalue weighted by Crippen LogP contribution is 2.25. The highest BCUT2D eigenvalue weighted by Gasteiger charge is 2.03. The molecule has 0 fully saturated rings. The topological polar surface area (TPSA) is 12.9 Å². The van der Waals surface area contributed by atoms with Gasteiger partial charge in [-0.1, -0.05) is 38.1 Å². The predicted octanol–water partition coefficient (Wildman–Crippen LogP) is 4.77. The van der Waals surface area contributed by atoms with Crippen molar-refractivity contribution in [1.29, 1.82) is 0 Å². The van der Waals surface area contributed by atoms with Gasteiger partial charge in [-0.05, 0) is 33.8 Å². The molecule has 1 nitrogen and oxygen atoms in total. The molecule has 84 valence electrons. The zero-order chi connectivity index (χ0) is 11.5. The Hall–Kier alpha value is -0.670. The fraction of sp³-hybridized carbons (Fsp3) is 0.308. The van der Waals surface area contributed by atoms with Crippen LogP contribution in [0.4, 0.5) is 0 Å². The smallest absolute Gasteiger partial charge is 0.159 e. The average Bonchev–Trinajstić information content (AvgIpc) is 2.65. The Morgan fingerprint density at radius 1 is 1.25 bits per heavy atom. The van der Waals surface area contributed by atoms with Crippen LogP contribution in [0.1, 0.15) is 19.4 Å². The molecule has 16 heavy (non-hydrogen) atoms. The number of hydrogen-bond donors (Lipinski definition) is 0. The number of nitrogens with zero attached hydrogens (tertiary/aromatic N) is 1. The minimum absolute atomic E-state index is 0.708. The Morgan fingerprint density at radius 3 is 2.44 bits per heavy atom. The van der Waals surface area contributed by atoms with Gasteiger partial charge in [-0.15, -0.1) is 11.3 Å². The van der Waals surface area contributed by atoms with Crippen LogP contribution < -0.4 is 0 Å². The van der Waals surface area contributed by atoms with Crippen molar-refractivity contribution >= 4 is 27.3 Å². The average molecular weight is 296 g/mol. The fourth-order valence-electron chi connectivity index (χ4n) is 1.67. The zero-order valence-electron chi connectivity index (χ0n) is 9.40. The molecule has 2 aromatic rings. The SMILES string of the molecule is CC(C)Cc1ccc(-c2csc(Br)n2)cc1. The third-order valence-electron chi connectivity index (χ3n) is 2.37. The number of benzene rings is 1.